The first-order valence-electron chi connectivity index (χ1n) is 6.83. The van der Waals surface area contributed by atoms with E-state index in [4.69, 9.17) is 16.3 Å². The van der Waals surface area contributed by atoms with E-state index in [9.17, 15) is 0 Å². The Balaban J connectivity index is 2.29. The summed E-state index contributed by atoms with van der Waals surface area (Å²) in [5.41, 5.74) is 5.50. The number of aryl methyl sites for hydroxylation is 2. The van der Waals surface area contributed by atoms with Crippen LogP contribution in [0.15, 0.2) is 36.4 Å². The Morgan fingerprint density at radius 3 is 2.62 bits per heavy atom. The Morgan fingerprint density at radius 1 is 1.14 bits per heavy atom. The number of hydrogen-bond acceptors (Lipinski definition) is 2. The Morgan fingerprint density at radius 2 is 1.95 bits per heavy atom. The summed E-state index contributed by atoms with van der Waals surface area (Å²) >= 11 is 6.10. The summed E-state index contributed by atoms with van der Waals surface area (Å²) in [4.78, 5) is 4.63. The summed E-state index contributed by atoms with van der Waals surface area (Å²) in [5, 5.41) is 0. The molecule has 0 saturated carbocycles. The van der Waals surface area contributed by atoms with Crippen molar-refractivity contribution in [2.75, 3.05) is 7.11 Å². The highest BCUT2D eigenvalue weighted by atomic mass is 35.5. The van der Waals surface area contributed by atoms with Gasteiger partial charge in [-0.2, -0.15) is 0 Å². The van der Waals surface area contributed by atoms with Crippen molar-refractivity contribution < 1.29 is 4.74 Å². The molecule has 0 aliphatic rings. The quantitative estimate of drug-likeness (QED) is 0.671. The zero-order valence-electron chi connectivity index (χ0n) is 12.4. The van der Waals surface area contributed by atoms with Crippen molar-refractivity contribution in [3.05, 3.63) is 53.3 Å². The SMILES string of the molecule is COc1ccc2c(c1)nc(CCl)n2-c1ccc(C)cc1C. The highest BCUT2D eigenvalue weighted by Gasteiger charge is 2.14. The van der Waals surface area contributed by atoms with Gasteiger partial charge in [-0.05, 0) is 37.6 Å². The minimum atomic E-state index is 0.365. The molecule has 0 fully saturated rings. The van der Waals surface area contributed by atoms with Gasteiger partial charge in [-0.25, -0.2) is 4.98 Å². The van der Waals surface area contributed by atoms with Crippen LogP contribution in [0, 0.1) is 13.8 Å². The molecule has 0 saturated heterocycles. The third-order valence-electron chi connectivity index (χ3n) is 3.64. The van der Waals surface area contributed by atoms with Crippen LogP contribution in [0.4, 0.5) is 0 Å². The van der Waals surface area contributed by atoms with Gasteiger partial charge in [-0.15, -0.1) is 11.6 Å². The highest BCUT2D eigenvalue weighted by Crippen LogP contribution is 2.27. The van der Waals surface area contributed by atoms with E-state index in [1.54, 1.807) is 7.11 Å². The van der Waals surface area contributed by atoms with E-state index < -0.39 is 0 Å². The highest BCUT2D eigenvalue weighted by molar-refractivity contribution is 6.17. The smallest absolute Gasteiger partial charge is 0.129 e. The molecule has 0 aliphatic heterocycles. The minimum Gasteiger partial charge on any atom is -0.497 e. The molecular weight excluding hydrogens is 284 g/mol. The predicted molar refractivity (Wildman–Crippen MR) is 86.7 cm³/mol. The van der Waals surface area contributed by atoms with Crippen molar-refractivity contribution in [1.29, 1.82) is 0 Å². The molecule has 4 heteroatoms. The van der Waals surface area contributed by atoms with Gasteiger partial charge >= 0.3 is 0 Å². The van der Waals surface area contributed by atoms with Gasteiger partial charge in [0.05, 0.1) is 29.7 Å². The Labute approximate surface area is 129 Å². The lowest BCUT2D eigenvalue weighted by Crippen LogP contribution is -2.01. The maximum absolute atomic E-state index is 6.10. The van der Waals surface area contributed by atoms with Crippen molar-refractivity contribution >= 4 is 22.6 Å². The second kappa shape index (κ2) is 5.41. The molecule has 3 rings (SSSR count). The van der Waals surface area contributed by atoms with Crippen molar-refractivity contribution in [1.82, 2.24) is 9.55 Å². The van der Waals surface area contributed by atoms with E-state index in [2.05, 4.69) is 41.6 Å². The van der Waals surface area contributed by atoms with Gasteiger partial charge in [-0.3, -0.25) is 4.57 Å². The van der Waals surface area contributed by atoms with Crippen LogP contribution in [0.5, 0.6) is 5.75 Å². The van der Waals surface area contributed by atoms with Crippen LogP contribution in [0.2, 0.25) is 0 Å². The molecule has 0 N–H and O–H groups in total. The number of ether oxygens (including phenoxy) is 1. The van der Waals surface area contributed by atoms with Crippen molar-refractivity contribution in [3.63, 3.8) is 0 Å². The van der Waals surface area contributed by atoms with E-state index in [0.29, 0.717) is 5.88 Å². The number of aromatic nitrogens is 2. The lowest BCUT2D eigenvalue weighted by Gasteiger charge is -2.12. The second-order valence-corrected chi connectivity index (χ2v) is 5.41. The molecule has 1 heterocycles. The average Bonchev–Trinajstić information content (AvgIpc) is 2.84. The van der Waals surface area contributed by atoms with Crippen LogP contribution < -0.4 is 4.74 Å². The zero-order chi connectivity index (χ0) is 15.0. The van der Waals surface area contributed by atoms with Crippen LogP contribution >= 0.6 is 11.6 Å². The normalized spacial score (nSPS) is 11.0. The fraction of sp³-hybridized carbons (Fsp3) is 0.235. The third-order valence-corrected chi connectivity index (χ3v) is 3.88. The van der Waals surface area contributed by atoms with E-state index in [1.807, 2.05) is 18.2 Å². The molecule has 0 unspecified atom stereocenters. The van der Waals surface area contributed by atoms with Gasteiger partial charge in [0.25, 0.3) is 0 Å². The molecule has 21 heavy (non-hydrogen) atoms. The summed E-state index contributed by atoms with van der Waals surface area (Å²) in [6, 6.07) is 12.3. The van der Waals surface area contributed by atoms with Crippen molar-refractivity contribution in [2.45, 2.75) is 19.7 Å². The number of methoxy groups -OCH3 is 1. The number of benzene rings is 2. The van der Waals surface area contributed by atoms with Crippen molar-refractivity contribution in [2.24, 2.45) is 0 Å². The number of hydrogen-bond donors (Lipinski definition) is 0. The molecule has 1 aromatic heterocycles. The van der Waals surface area contributed by atoms with Gasteiger partial charge in [-0.1, -0.05) is 17.7 Å². The minimum absolute atomic E-state index is 0.365. The fourth-order valence-electron chi connectivity index (χ4n) is 2.65. The molecule has 0 spiro atoms. The van der Waals surface area contributed by atoms with Gasteiger partial charge in [0.2, 0.25) is 0 Å². The number of halogens is 1. The number of fused-ring (bicyclic) bond motifs is 1. The number of nitrogens with zero attached hydrogens (tertiary/aromatic N) is 2. The molecule has 0 atom stereocenters. The summed E-state index contributed by atoms with van der Waals surface area (Å²) in [6.45, 7) is 4.20. The summed E-state index contributed by atoms with van der Waals surface area (Å²) in [6.07, 6.45) is 0. The largest absolute Gasteiger partial charge is 0.497 e. The lowest BCUT2D eigenvalue weighted by atomic mass is 10.1. The standard InChI is InChI=1S/C17H17ClN2O/c1-11-4-6-15(12(2)8-11)20-16-7-5-13(21-3)9-14(16)19-17(20)10-18/h4-9H,10H2,1-3H3. The molecule has 3 aromatic rings. The molecule has 0 radical (unpaired) electrons. The average molecular weight is 301 g/mol. The molecule has 0 aliphatic carbocycles. The van der Waals surface area contributed by atoms with Crippen LogP contribution in [0.3, 0.4) is 0 Å². The Kier molecular flexibility index (Phi) is 3.60. The van der Waals surface area contributed by atoms with E-state index >= 15 is 0 Å². The number of alkyl halides is 1. The molecule has 3 nitrogen and oxygen atoms in total. The molecule has 2 aromatic carbocycles. The second-order valence-electron chi connectivity index (χ2n) is 5.14. The van der Waals surface area contributed by atoms with Crippen LogP contribution in [0.25, 0.3) is 16.7 Å². The van der Waals surface area contributed by atoms with E-state index in [-0.39, 0.29) is 0 Å². The first-order valence-corrected chi connectivity index (χ1v) is 7.36. The third kappa shape index (κ3) is 2.38. The maximum Gasteiger partial charge on any atom is 0.129 e. The topological polar surface area (TPSA) is 27.1 Å². The summed E-state index contributed by atoms with van der Waals surface area (Å²) in [7, 11) is 1.66. The first-order chi connectivity index (χ1) is 10.1. The molecular formula is C17H17ClN2O. The molecule has 0 amide bonds. The molecule has 0 bridgehead atoms. The van der Waals surface area contributed by atoms with Gasteiger partial charge in [0.15, 0.2) is 0 Å². The van der Waals surface area contributed by atoms with Crippen molar-refractivity contribution in [3.8, 4) is 11.4 Å². The summed E-state index contributed by atoms with van der Waals surface area (Å²) in [5.74, 6) is 2.00. The maximum atomic E-state index is 6.10. The predicted octanol–water partition coefficient (Wildman–Crippen LogP) is 4.39. The zero-order valence-corrected chi connectivity index (χ0v) is 13.1. The van der Waals surface area contributed by atoms with Gasteiger partial charge in [0, 0.05) is 6.07 Å². The fourth-order valence-corrected chi connectivity index (χ4v) is 2.83. The van der Waals surface area contributed by atoms with E-state index in [0.717, 1.165) is 28.3 Å². The Hall–Kier alpha value is -2.00. The monoisotopic (exact) mass is 300 g/mol. The van der Waals surface area contributed by atoms with Crippen LogP contribution in [0.1, 0.15) is 17.0 Å². The first kappa shape index (κ1) is 14.0. The lowest BCUT2D eigenvalue weighted by molar-refractivity contribution is 0.415. The van der Waals surface area contributed by atoms with E-state index in [1.165, 1.54) is 11.1 Å². The van der Waals surface area contributed by atoms with Crippen LogP contribution in [-0.2, 0) is 5.88 Å². The summed E-state index contributed by atoms with van der Waals surface area (Å²) < 4.78 is 7.39. The number of imidazole rings is 1. The number of rotatable bonds is 3. The van der Waals surface area contributed by atoms with Crippen LogP contribution in [-0.4, -0.2) is 16.7 Å². The Bertz CT molecular complexity index is 808. The van der Waals surface area contributed by atoms with Gasteiger partial charge in [0.1, 0.15) is 11.6 Å². The molecule has 108 valence electrons. The van der Waals surface area contributed by atoms with Gasteiger partial charge < -0.3 is 4.74 Å².